The van der Waals surface area contributed by atoms with E-state index in [4.69, 9.17) is 4.74 Å². The van der Waals surface area contributed by atoms with E-state index in [1.807, 2.05) is 12.1 Å². The summed E-state index contributed by atoms with van der Waals surface area (Å²) < 4.78 is 20.5. The number of anilines is 1. The van der Waals surface area contributed by atoms with E-state index in [0.29, 0.717) is 34.3 Å². The van der Waals surface area contributed by atoms with Crippen molar-refractivity contribution in [3.05, 3.63) is 54.4 Å². The van der Waals surface area contributed by atoms with Crippen LogP contribution in [0.15, 0.2) is 42.9 Å². The van der Waals surface area contributed by atoms with Gasteiger partial charge in [-0.3, -0.25) is 4.98 Å². The molecule has 3 fully saturated rings. The van der Waals surface area contributed by atoms with E-state index in [9.17, 15) is 4.39 Å². The van der Waals surface area contributed by atoms with Crippen molar-refractivity contribution in [2.75, 3.05) is 31.1 Å². The van der Waals surface area contributed by atoms with E-state index >= 15 is 0 Å². The second kappa shape index (κ2) is 7.23. The molecule has 1 spiro atoms. The summed E-state index contributed by atoms with van der Waals surface area (Å²) in [6.45, 7) is 3.89. The molecule has 31 heavy (non-hydrogen) atoms. The predicted octanol–water partition coefficient (Wildman–Crippen LogP) is 3.54. The molecule has 1 aromatic carbocycles. The fraction of sp³-hybridized carbons (Fsp3) is 0.391. The Kier molecular flexibility index (Phi) is 4.34. The number of pyridine rings is 1. The minimum absolute atomic E-state index is 0.315. The molecule has 4 heterocycles. The van der Waals surface area contributed by atoms with Crippen molar-refractivity contribution in [2.24, 2.45) is 5.41 Å². The number of benzene rings is 1. The minimum atomic E-state index is -0.315. The van der Waals surface area contributed by atoms with Gasteiger partial charge in [0.1, 0.15) is 17.9 Å². The van der Waals surface area contributed by atoms with Crippen LogP contribution in [-0.2, 0) is 0 Å². The quantitative estimate of drug-likeness (QED) is 0.679. The molecule has 3 aromatic rings. The molecule has 2 aromatic heterocycles. The average Bonchev–Trinajstić information content (AvgIpc) is 3.52. The fourth-order valence-corrected chi connectivity index (χ4v) is 4.66. The van der Waals surface area contributed by atoms with Gasteiger partial charge in [-0.05, 0) is 43.5 Å². The Hall–Kier alpha value is -3.13. The summed E-state index contributed by atoms with van der Waals surface area (Å²) in [7, 11) is 0. The van der Waals surface area contributed by atoms with Gasteiger partial charge in [0.05, 0.1) is 5.69 Å². The lowest BCUT2D eigenvalue weighted by molar-refractivity contribution is 0.199. The second-order valence-corrected chi connectivity index (χ2v) is 8.82. The highest BCUT2D eigenvalue weighted by atomic mass is 19.1. The van der Waals surface area contributed by atoms with Crippen LogP contribution >= 0.6 is 0 Å². The maximum absolute atomic E-state index is 14.2. The molecule has 0 amide bonds. The summed E-state index contributed by atoms with van der Waals surface area (Å²) in [5.74, 6) is 1.67. The number of aromatic nitrogens is 4. The largest absolute Gasteiger partial charge is 0.434 e. The predicted molar refractivity (Wildman–Crippen MR) is 114 cm³/mol. The second-order valence-electron chi connectivity index (χ2n) is 8.82. The van der Waals surface area contributed by atoms with Gasteiger partial charge >= 0.3 is 0 Å². The molecule has 2 aliphatic heterocycles. The van der Waals surface area contributed by atoms with Crippen LogP contribution in [0, 0.1) is 11.2 Å². The van der Waals surface area contributed by atoms with Gasteiger partial charge in [0.15, 0.2) is 5.82 Å². The average molecular weight is 418 g/mol. The van der Waals surface area contributed by atoms with Crippen LogP contribution in [-0.4, -0.2) is 46.3 Å². The number of hydrogen-bond donors (Lipinski definition) is 1. The first kappa shape index (κ1) is 18.6. The highest BCUT2D eigenvalue weighted by Gasteiger charge is 2.44. The zero-order valence-corrected chi connectivity index (χ0v) is 17.1. The SMILES string of the molecule is Fc1ccc(Oc2nncnc2N2CCC3(CNC3)C2)c(-c2cccnc2C2CC2)c1. The van der Waals surface area contributed by atoms with E-state index in [2.05, 4.69) is 30.4 Å². The van der Waals surface area contributed by atoms with E-state index in [1.54, 1.807) is 12.3 Å². The first-order valence-electron chi connectivity index (χ1n) is 10.8. The monoisotopic (exact) mass is 418 g/mol. The van der Waals surface area contributed by atoms with Gasteiger partial charge in [-0.1, -0.05) is 6.07 Å². The molecule has 2 saturated heterocycles. The van der Waals surface area contributed by atoms with Gasteiger partial charge in [-0.2, -0.15) is 0 Å². The van der Waals surface area contributed by atoms with Crippen LogP contribution in [0.3, 0.4) is 0 Å². The standard InChI is InChI=1S/C23H23FN6O/c24-16-5-6-19(18(10-16)17-2-1-8-26-20(17)15-3-4-15)31-22-21(27-14-28-29-22)30-9-7-23(13-30)11-25-12-23/h1-2,5-6,8,10,14-15,25H,3-4,7,9,11-13H2. The van der Waals surface area contributed by atoms with Crippen LogP contribution in [0.25, 0.3) is 11.1 Å². The number of ether oxygens (including phenoxy) is 1. The molecule has 7 nitrogen and oxygen atoms in total. The normalized spacial score (nSPS) is 19.5. The lowest BCUT2D eigenvalue weighted by atomic mass is 9.81. The summed E-state index contributed by atoms with van der Waals surface area (Å²) in [5, 5.41) is 11.6. The van der Waals surface area contributed by atoms with Gasteiger partial charge < -0.3 is 15.0 Å². The van der Waals surface area contributed by atoms with Crippen LogP contribution in [0.5, 0.6) is 11.6 Å². The smallest absolute Gasteiger partial charge is 0.282 e. The van der Waals surface area contributed by atoms with Gasteiger partial charge in [0.25, 0.3) is 5.88 Å². The van der Waals surface area contributed by atoms with Crippen molar-refractivity contribution in [3.8, 4) is 22.8 Å². The number of rotatable bonds is 5. The molecule has 158 valence electrons. The van der Waals surface area contributed by atoms with E-state index < -0.39 is 0 Å². The molecular weight excluding hydrogens is 395 g/mol. The lowest BCUT2D eigenvalue weighted by Crippen LogP contribution is -2.54. The number of nitrogens with zero attached hydrogens (tertiary/aromatic N) is 5. The Bertz CT molecular complexity index is 1130. The molecule has 1 saturated carbocycles. The Morgan fingerprint density at radius 1 is 1.13 bits per heavy atom. The molecule has 0 radical (unpaired) electrons. The van der Waals surface area contributed by atoms with Gasteiger partial charge in [0, 0.05) is 54.8 Å². The molecule has 0 unspecified atom stereocenters. The summed E-state index contributed by atoms with van der Waals surface area (Å²) in [5.41, 5.74) is 2.89. The summed E-state index contributed by atoms with van der Waals surface area (Å²) >= 11 is 0. The maximum Gasteiger partial charge on any atom is 0.282 e. The third-order valence-corrected chi connectivity index (χ3v) is 6.55. The number of halogens is 1. The highest BCUT2D eigenvalue weighted by Crippen LogP contribution is 2.46. The summed E-state index contributed by atoms with van der Waals surface area (Å²) in [6.07, 6.45) is 6.58. The Morgan fingerprint density at radius 3 is 2.81 bits per heavy atom. The highest BCUT2D eigenvalue weighted by molar-refractivity contribution is 5.74. The van der Waals surface area contributed by atoms with E-state index in [-0.39, 0.29) is 5.82 Å². The van der Waals surface area contributed by atoms with Gasteiger partial charge in [-0.15, -0.1) is 10.2 Å². The number of nitrogens with one attached hydrogen (secondary N) is 1. The maximum atomic E-state index is 14.2. The summed E-state index contributed by atoms with van der Waals surface area (Å²) in [4.78, 5) is 11.3. The van der Waals surface area contributed by atoms with Crippen LogP contribution in [0.1, 0.15) is 30.9 Å². The van der Waals surface area contributed by atoms with Crippen molar-refractivity contribution >= 4 is 5.82 Å². The molecule has 1 N–H and O–H groups in total. The molecule has 1 aliphatic carbocycles. The van der Waals surface area contributed by atoms with Crippen LogP contribution < -0.4 is 15.0 Å². The van der Waals surface area contributed by atoms with Gasteiger partial charge in [-0.25, -0.2) is 9.37 Å². The minimum Gasteiger partial charge on any atom is -0.434 e. The van der Waals surface area contributed by atoms with E-state index in [1.165, 1.54) is 18.5 Å². The zero-order chi connectivity index (χ0) is 20.8. The Balaban J connectivity index is 1.36. The van der Waals surface area contributed by atoms with E-state index in [0.717, 1.165) is 56.7 Å². The molecular formula is C23H23FN6O. The summed E-state index contributed by atoms with van der Waals surface area (Å²) in [6, 6.07) is 8.41. The molecule has 6 rings (SSSR count). The molecule has 8 heteroatoms. The van der Waals surface area contributed by atoms with Crippen molar-refractivity contribution < 1.29 is 9.13 Å². The lowest BCUT2D eigenvalue weighted by Gasteiger charge is -2.39. The van der Waals surface area contributed by atoms with Crippen molar-refractivity contribution in [1.82, 2.24) is 25.5 Å². The van der Waals surface area contributed by atoms with Crippen molar-refractivity contribution in [2.45, 2.75) is 25.2 Å². The van der Waals surface area contributed by atoms with Gasteiger partial charge in [0.2, 0.25) is 0 Å². The van der Waals surface area contributed by atoms with Crippen molar-refractivity contribution in [3.63, 3.8) is 0 Å². The van der Waals surface area contributed by atoms with Crippen LogP contribution in [0.2, 0.25) is 0 Å². The first-order chi connectivity index (χ1) is 15.2. The Labute approximate surface area is 179 Å². The third kappa shape index (κ3) is 3.40. The van der Waals surface area contributed by atoms with Crippen molar-refractivity contribution in [1.29, 1.82) is 0 Å². The zero-order valence-electron chi connectivity index (χ0n) is 17.1. The topological polar surface area (TPSA) is 76.1 Å². The van der Waals surface area contributed by atoms with Crippen LogP contribution in [0.4, 0.5) is 10.2 Å². The Morgan fingerprint density at radius 2 is 2.03 bits per heavy atom. The molecule has 3 aliphatic rings. The first-order valence-corrected chi connectivity index (χ1v) is 10.8. The third-order valence-electron chi connectivity index (χ3n) is 6.55. The molecule has 0 bridgehead atoms. The fourth-order valence-electron chi connectivity index (χ4n) is 4.66. The number of hydrogen-bond acceptors (Lipinski definition) is 7. The molecule has 0 atom stereocenters.